The molecule has 0 aliphatic heterocycles. The molecule has 0 spiro atoms. The third-order valence-electron chi connectivity index (χ3n) is 3.75. The second-order valence-corrected chi connectivity index (χ2v) is 4.91. The van der Waals surface area contributed by atoms with Crippen LogP contribution in [0.4, 0.5) is 4.79 Å². The molecule has 0 aromatic carbocycles. The molecule has 2 aliphatic rings. The minimum absolute atomic E-state index is 0.0551. The lowest BCUT2D eigenvalue weighted by molar-refractivity contribution is -0.141. The topological polar surface area (TPSA) is 67.4 Å². The molecular weight excluding hydrogens is 220 g/mol. The fraction of sp³-hybridized carbons (Fsp3) is 0.833. The SMILES string of the molecule is CCOC(=O)CNC(=O)NC1CC2CCC1C2. The number of fused-ring (bicyclic) bond motifs is 2. The van der Waals surface area contributed by atoms with Crippen LogP contribution in [0.25, 0.3) is 0 Å². The van der Waals surface area contributed by atoms with Gasteiger partial charge in [-0.2, -0.15) is 0 Å². The second kappa shape index (κ2) is 5.38. The summed E-state index contributed by atoms with van der Waals surface area (Å²) in [6.45, 7) is 2.03. The van der Waals surface area contributed by atoms with Crippen LogP contribution in [0.5, 0.6) is 0 Å². The number of urea groups is 1. The number of esters is 1. The van der Waals surface area contributed by atoms with Crippen molar-refractivity contribution in [2.75, 3.05) is 13.2 Å². The van der Waals surface area contributed by atoms with Crippen molar-refractivity contribution in [1.82, 2.24) is 10.6 Å². The number of carbonyl (C=O) groups excluding carboxylic acids is 2. The minimum Gasteiger partial charge on any atom is -0.465 e. The van der Waals surface area contributed by atoms with Gasteiger partial charge in [0, 0.05) is 6.04 Å². The highest BCUT2D eigenvalue weighted by molar-refractivity contribution is 5.80. The van der Waals surface area contributed by atoms with E-state index in [4.69, 9.17) is 4.74 Å². The zero-order valence-corrected chi connectivity index (χ0v) is 10.2. The average Bonchev–Trinajstić information content (AvgIpc) is 2.88. The maximum atomic E-state index is 11.6. The van der Waals surface area contributed by atoms with Crippen LogP contribution in [0.15, 0.2) is 0 Å². The van der Waals surface area contributed by atoms with Gasteiger partial charge in [-0.15, -0.1) is 0 Å². The van der Waals surface area contributed by atoms with Crippen molar-refractivity contribution < 1.29 is 14.3 Å². The van der Waals surface area contributed by atoms with Crippen LogP contribution in [-0.2, 0) is 9.53 Å². The summed E-state index contributed by atoms with van der Waals surface area (Å²) >= 11 is 0. The summed E-state index contributed by atoms with van der Waals surface area (Å²) in [7, 11) is 0. The average molecular weight is 240 g/mol. The third kappa shape index (κ3) is 3.11. The first-order valence-electron chi connectivity index (χ1n) is 6.39. The number of nitrogens with one attached hydrogen (secondary N) is 2. The summed E-state index contributed by atoms with van der Waals surface area (Å²) in [5.41, 5.74) is 0. The molecule has 2 N–H and O–H groups in total. The highest BCUT2D eigenvalue weighted by atomic mass is 16.5. The van der Waals surface area contributed by atoms with E-state index >= 15 is 0 Å². The van der Waals surface area contributed by atoms with Gasteiger partial charge in [0.2, 0.25) is 0 Å². The Kier molecular flexibility index (Phi) is 3.86. The van der Waals surface area contributed by atoms with Crippen molar-refractivity contribution in [2.45, 2.75) is 38.6 Å². The molecule has 2 aliphatic carbocycles. The Hall–Kier alpha value is -1.26. The standard InChI is InChI=1S/C12H20N2O3/c1-2-17-11(15)7-13-12(16)14-10-6-8-3-4-9(10)5-8/h8-10H,2-7H2,1H3,(H2,13,14,16). The molecule has 0 aromatic heterocycles. The van der Waals surface area contributed by atoms with Gasteiger partial charge in [-0.3, -0.25) is 4.79 Å². The Morgan fingerprint density at radius 1 is 1.29 bits per heavy atom. The Morgan fingerprint density at radius 2 is 2.12 bits per heavy atom. The first-order valence-corrected chi connectivity index (χ1v) is 6.39. The van der Waals surface area contributed by atoms with Crippen LogP contribution in [0.3, 0.4) is 0 Å². The van der Waals surface area contributed by atoms with E-state index in [0.29, 0.717) is 18.6 Å². The van der Waals surface area contributed by atoms with Crippen molar-refractivity contribution in [3.05, 3.63) is 0 Å². The Balaban J connectivity index is 1.66. The summed E-state index contributed by atoms with van der Waals surface area (Å²) in [5.74, 6) is 1.05. The fourth-order valence-electron chi connectivity index (χ4n) is 3.01. The van der Waals surface area contributed by atoms with Gasteiger partial charge in [0.15, 0.2) is 0 Å². The molecule has 3 unspecified atom stereocenters. The van der Waals surface area contributed by atoms with Crippen LogP contribution in [0.1, 0.15) is 32.6 Å². The van der Waals surface area contributed by atoms with Gasteiger partial charge in [-0.05, 0) is 38.0 Å². The van der Waals surface area contributed by atoms with Crippen molar-refractivity contribution in [2.24, 2.45) is 11.8 Å². The third-order valence-corrected chi connectivity index (χ3v) is 3.75. The van der Waals surface area contributed by atoms with Crippen molar-refractivity contribution in [1.29, 1.82) is 0 Å². The normalized spacial score (nSPS) is 30.1. The molecule has 17 heavy (non-hydrogen) atoms. The van der Waals surface area contributed by atoms with Gasteiger partial charge in [0.05, 0.1) is 6.61 Å². The molecule has 2 rings (SSSR count). The predicted octanol–water partition coefficient (Wildman–Crippen LogP) is 1.04. The lowest BCUT2D eigenvalue weighted by Gasteiger charge is -2.22. The van der Waals surface area contributed by atoms with Gasteiger partial charge >= 0.3 is 12.0 Å². The van der Waals surface area contributed by atoms with Gasteiger partial charge in [0.1, 0.15) is 6.54 Å². The van der Waals surface area contributed by atoms with Crippen molar-refractivity contribution in [3.8, 4) is 0 Å². The first-order chi connectivity index (χ1) is 8.19. The zero-order valence-electron chi connectivity index (χ0n) is 10.2. The maximum absolute atomic E-state index is 11.6. The number of rotatable bonds is 4. The Morgan fingerprint density at radius 3 is 2.71 bits per heavy atom. The van der Waals surface area contributed by atoms with E-state index in [1.807, 2.05) is 0 Å². The van der Waals surface area contributed by atoms with Crippen LogP contribution in [0, 0.1) is 11.8 Å². The summed E-state index contributed by atoms with van der Waals surface area (Å²) < 4.78 is 4.73. The minimum atomic E-state index is -0.393. The number of hydrogen-bond donors (Lipinski definition) is 2. The smallest absolute Gasteiger partial charge is 0.325 e. The number of amides is 2. The molecule has 0 heterocycles. The van der Waals surface area contributed by atoms with E-state index in [0.717, 1.165) is 12.3 Å². The lowest BCUT2D eigenvalue weighted by atomic mass is 9.95. The van der Waals surface area contributed by atoms with E-state index < -0.39 is 5.97 Å². The molecule has 2 fully saturated rings. The molecule has 0 radical (unpaired) electrons. The molecule has 5 nitrogen and oxygen atoms in total. The molecule has 5 heteroatoms. The molecular formula is C12H20N2O3. The molecule has 2 saturated carbocycles. The molecule has 96 valence electrons. The fourth-order valence-corrected chi connectivity index (χ4v) is 3.01. The van der Waals surface area contributed by atoms with Gasteiger partial charge in [0.25, 0.3) is 0 Å². The first kappa shape index (κ1) is 12.2. The molecule has 0 saturated heterocycles. The van der Waals surface area contributed by atoms with Crippen LogP contribution >= 0.6 is 0 Å². The molecule has 3 atom stereocenters. The second-order valence-electron chi connectivity index (χ2n) is 4.91. The van der Waals surface area contributed by atoms with Gasteiger partial charge in [-0.25, -0.2) is 4.79 Å². The lowest BCUT2D eigenvalue weighted by Crippen LogP contribution is -2.45. The molecule has 2 bridgehead atoms. The van der Waals surface area contributed by atoms with Crippen LogP contribution < -0.4 is 10.6 Å². The summed E-state index contributed by atoms with van der Waals surface area (Å²) in [6.07, 6.45) is 4.89. The predicted molar refractivity (Wildman–Crippen MR) is 62.4 cm³/mol. The van der Waals surface area contributed by atoms with Crippen molar-refractivity contribution >= 4 is 12.0 Å². The Labute approximate surface area is 101 Å². The van der Waals surface area contributed by atoms with E-state index in [1.54, 1.807) is 6.92 Å². The largest absolute Gasteiger partial charge is 0.465 e. The van der Waals surface area contributed by atoms with Gasteiger partial charge < -0.3 is 15.4 Å². The van der Waals surface area contributed by atoms with Crippen LogP contribution in [0.2, 0.25) is 0 Å². The number of ether oxygens (including phenoxy) is 1. The molecule has 2 amide bonds. The summed E-state index contributed by atoms with van der Waals surface area (Å²) in [6, 6.07) is 0.0477. The quantitative estimate of drug-likeness (QED) is 0.721. The monoisotopic (exact) mass is 240 g/mol. The summed E-state index contributed by atoms with van der Waals surface area (Å²) in [4.78, 5) is 22.6. The Bertz CT molecular complexity index is 306. The highest BCUT2D eigenvalue weighted by Gasteiger charge is 2.40. The zero-order chi connectivity index (χ0) is 12.3. The van der Waals surface area contributed by atoms with E-state index in [2.05, 4.69) is 10.6 Å². The van der Waals surface area contributed by atoms with Crippen molar-refractivity contribution in [3.63, 3.8) is 0 Å². The summed E-state index contributed by atoms with van der Waals surface area (Å²) in [5, 5.41) is 5.48. The maximum Gasteiger partial charge on any atom is 0.325 e. The van der Waals surface area contributed by atoms with E-state index in [-0.39, 0.29) is 12.6 Å². The number of carbonyl (C=O) groups is 2. The van der Waals surface area contributed by atoms with E-state index in [1.165, 1.54) is 19.3 Å². The highest BCUT2D eigenvalue weighted by Crippen LogP contribution is 2.44. The van der Waals surface area contributed by atoms with Crippen LogP contribution in [-0.4, -0.2) is 31.2 Å². The molecule has 0 aromatic rings. The van der Waals surface area contributed by atoms with Gasteiger partial charge in [-0.1, -0.05) is 6.42 Å². The van der Waals surface area contributed by atoms with E-state index in [9.17, 15) is 9.59 Å². The number of hydrogen-bond acceptors (Lipinski definition) is 3.